The number of hydrogen-bond donors (Lipinski definition) is 0. The average Bonchev–Trinajstić information content (AvgIpc) is 2.69. The third kappa shape index (κ3) is 7.65. The van der Waals surface area contributed by atoms with Crippen molar-refractivity contribution in [2.75, 3.05) is 11.9 Å². The number of hydrogen-bond acceptors (Lipinski definition) is 2. The summed E-state index contributed by atoms with van der Waals surface area (Å²) in [6.45, 7) is 3.50. The lowest BCUT2D eigenvalue weighted by atomic mass is 10.1. The zero-order valence-corrected chi connectivity index (χ0v) is 17.2. The van der Waals surface area contributed by atoms with Crippen LogP contribution in [-0.2, 0) is 11.3 Å². The number of halogens is 1. The molecule has 0 heterocycles. The molecule has 140 valence electrons. The van der Waals surface area contributed by atoms with E-state index in [1.807, 2.05) is 30.3 Å². The summed E-state index contributed by atoms with van der Waals surface area (Å²) in [6.07, 6.45) is 7.93. The van der Waals surface area contributed by atoms with Gasteiger partial charge in [0.1, 0.15) is 18.1 Å². The summed E-state index contributed by atoms with van der Waals surface area (Å²) in [7, 11) is 0. The van der Waals surface area contributed by atoms with Gasteiger partial charge >= 0.3 is 0 Å². The minimum atomic E-state index is 0.586. The molecule has 0 bridgehead atoms. The second-order valence-electron chi connectivity index (χ2n) is 6.23. The molecule has 3 heteroatoms. The van der Waals surface area contributed by atoms with Crippen molar-refractivity contribution < 1.29 is 9.47 Å². The van der Waals surface area contributed by atoms with Gasteiger partial charge in [-0.05, 0) is 55.2 Å². The van der Waals surface area contributed by atoms with Crippen molar-refractivity contribution in [2.45, 2.75) is 45.6 Å². The Hall–Kier alpha value is -1.74. The average molecular weight is 417 g/mol. The summed E-state index contributed by atoms with van der Waals surface area (Å²) in [5.74, 6) is 1.85. The Kier molecular flexibility index (Phi) is 9.96. The lowest BCUT2D eigenvalue weighted by Crippen LogP contribution is -1.97. The van der Waals surface area contributed by atoms with Gasteiger partial charge in [0.2, 0.25) is 0 Å². The fourth-order valence-corrected chi connectivity index (χ4v) is 3.03. The zero-order valence-electron chi connectivity index (χ0n) is 15.6. The topological polar surface area (TPSA) is 18.5 Å². The van der Waals surface area contributed by atoms with E-state index >= 15 is 0 Å². The van der Waals surface area contributed by atoms with Gasteiger partial charge in [0.25, 0.3) is 0 Å². The maximum absolute atomic E-state index is 6.03. The van der Waals surface area contributed by atoms with Crippen LogP contribution < -0.4 is 4.74 Å². The second-order valence-corrected chi connectivity index (χ2v) is 7.02. The van der Waals surface area contributed by atoms with Crippen molar-refractivity contribution in [3.63, 3.8) is 0 Å². The second kappa shape index (κ2) is 12.6. The van der Waals surface area contributed by atoms with Gasteiger partial charge in [0.15, 0.2) is 0 Å². The number of benzene rings is 2. The molecule has 0 aromatic heterocycles. The van der Waals surface area contributed by atoms with Crippen molar-refractivity contribution in [1.82, 2.24) is 0 Å². The molecular formula is C23H29BrO2. The van der Waals surface area contributed by atoms with Gasteiger partial charge in [0.05, 0.1) is 6.61 Å². The van der Waals surface area contributed by atoms with Crippen molar-refractivity contribution in [1.29, 1.82) is 0 Å². The van der Waals surface area contributed by atoms with Gasteiger partial charge < -0.3 is 9.47 Å². The third-order valence-corrected chi connectivity index (χ3v) is 4.62. The molecule has 2 aromatic carbocycles. The summed E-state index contributed by atoms with van der Waals surface area (Å²) in [6, 6.07) is 18.4. The minimum Gasteiger partial charge on any atom is -0.493 e. The molecule has 2 rings (SSSR count). The van der Waals surface area contributed by atoms with Crippen LogP contribution in [0.15, 0.2) is 60.7 Å². The predicted octanol–water partition coefficient (Wildman–Crippen LogP) is 6.99. The molecule has 0 aliphatic carbocycles. The Balaban J connectivity index is 1.84. The SMILES string of the molecule is CC/C=C(\OCCCCCCBr)c1ccc(OCc2ccccc2)cc1. The highest BCUT2D eigenvalue weighted by molar-refractivity contribution is 9.09. The van der Waals surface area contributed by atoms with Crippen LogP contribution in [0.25, 0.3) is 5.76 Å². The van der Waals surface area contributed by atoms with Gasteiger partial charge in [-0.25, -0.2) is 0 Å². The quantitative estimate of drug-likeness (QED) is 0.211. The van der Waals surface area contributed by atoms with Crippen LogP contribution >= 0.6 is 15.9 Å². The first-order chi connectivity index (χ1) is 12.8. The van der Waals surface area contributed by atoms with Crippen LogP contribution in [0, 0.1) is 0 Å². The van der Waals surface area contributed by atoms with Crippen molar-refractivity contribution in [3.05, 3.63) is 71.8 Å². The Morgan fingerprint density at radius 1 is 0.923 bits per heavy atom. The molecule has 0 aliphatic rings. The molecule has 2 aromatic rings. The molecular weight excluding hydrogens is 388 g/mol. The lowest BCUT2D eigenvalue weighted by Gasteiger charge is -2.12. The molecule has 0 saturated carbocycles. The molecule has 0 radical (unpaired) electrons. The first-order valence-electron chi connectivity index (χ1n) is 9.49. The van der Waals surface area contributed by atoms with Gasteiger partial charge in [-0.1, -0.05) is 66.0 Å². The number of unbranched alkanes of at least 4 members (excludes halogenated alkanes) is 3. The Morgan fingerprint density at radius 3 is 2.35 bits per heavy atom. The fourth-order valence-electron chi connectivity index (χ4n) is 2.63. The molecule has 0 atom stereocenters. The van der Waals surface area contributed by atoms with Crippen LogP contribution in [0.4, 0.5) is 0 Å². The maximum Gasteiger partial charge on any atom is 0.122 e. The summed E-state index contributed by atoms with van der Waals surface area (Å²) >= 11 is 3.47. The van der Waals surface area contributed by atoms with Crippen LogP contribution in [0.1, 0.15) is 50.2 Å². The van der Waals surface area contributed by atoms with E-state index in [1.165, 1.54) is 24.8 Å². The predicted molar refractivity (Wildman–Crippen MR) is 114 cm³/mol. The first-order valence-corrected chi connectivity index (χ1v) is 10.6. The highest BCUT2D eigenvalue weighted by Gasteiger charge is 2.04. The van der Waals surface area contributed by atoms with E-state index in [9.17, 15) is 0 Å². The first kappa shape index (κ1) is 20.6. The van der Waals surface area contributed by atoms with Gasteiger partial charge in [-0.2, -0.15) is 0 Å². The summed E-state index contributed by atoms with van der Waals surface area (Å²) < 4.78 is 11.9. The van der Waals surface area contributed by atoms with Gasteiger partial charge in [-0.3, -0.25) is 0 Å². The molecule has 0 aliphatic heterocycles. The molecule has 2 nitrogen and oxygen atoms in total. The molecule has 0 unspecified atom stereocenters. The van der Waals surface area contributed by atoms with E-state index in [4.69, 9.17) is 9.47 Å². The van der Waals surface area contributed by atoms with Crippen LogP contribution in [0.2, 0.25) is 0 Å². The van der Waals surface area contributed by atoms with Crippen LogP contribution in [-0.4, -0.2) is 11.9 Å². The minimum absolute atomic E-state index is 0.586. The van der Waals surface area contributed by atoms with Crippen molar-refractivity contribution in [2.24, 2.45) is 0 Å². The summed E-state index contributed by atoms with van der Waals surface area (Å²) in [5, 5.41) is 1.09. The largest absolute Gasteiger partial charge is 0.493 e. The molecule has 0 amide bonds. The zero-order chi connectivity index (χ0) is 18.5. The van der Waals surface area contributed by atoms with Crippen LogP contribution in [0.5, 0.6) is 5.75 Å². The van der Waals surface area contributed by atoms with Crippen LogP contribution in [0.3, 0.4) is 0 Å². The fraction of sp³-hybridized carbons (Fsp3) is 0.391. The number of rotatable bonds is 12. The summed E-state index contributed by atoms with van der Waals surface area (Å²) in [4.78, 5) is 0. The maximum atomic E-state index is 6.03. The Bertz CT molecular complexity index is 635. The molecule has 26 heavy (non-hydrogen) atoms. The highest BCUT2D eigenvalue weighted by atomic mass is 79.9. The lowest BCUT2D eigenvalue weighted by molar-refractivity contribution is 0.266. The monoisotopic (exact) mass is 416 g/mol. The van der Waals surface area contributed by atoms with Gasteiger partial charge in [0, 0.05) is 10.9 Å². The number of allylic oxidation sites excluding steroid dienone is 1. The highest BCUT2D eigenvalue weighted by Crippen LogP contribution is 2.21. The smallest absolute Gasteiger partial charge is 0.122 e. The van der Waals surface area contributed by atoms with E-state index in [1.54, 1.807) is 0 Å². The Labute approximate surface area is 166 Å². The standard InChI is InChI=1S/C23H29BrO2/c1-2-10-23(25-18-9-4-3-8-17-24)21-13-15-22(16-14-21)26-19-20-11-6-5-7-12-20/h5-7,10-16H,2-4,8-9,17-19H2,1H3/b23-10-. The van der Waals surface area contributed by atoms with E-state index in [0.29, 0.717) is 6.61 Å². The molecule has 0 fully saturated rings. The Morgan fingerprint density at radius 2 is 1.65 bits per heavy atom. The van der Waals surface area contributed by atoms with E-state index in [0.717, 1.165) is 41.9 Å². The molecule has 0 N–H and O–H groups in total. The van der Waals surface area contributed by atoms with E-state index in [-0.39, 0.29) is 0 Å². The number of ether oxygens (including phenoxy) is 2. The summed E-state index contributed by atoms with van der Waals surface area (Å²) in [5.41, 5.74) is 2.28. The number of alkyl halides is 1. The van der Waals surface area contributed by atoms with E-state index in [2.05, 4.69) is 53.2 Å². The van der Waals surface area contributed by atoms with E-state index < -0.39 is 0 Å². The van der Waals surface area contributed by atoms with Crippen molar-refractivity contribution >= 4 is 21.7 Å². The van der Waals surface area contributed by atoms with Crippen molar-refractivity contribution in [3.8, 4) is 5.75 Å². The molecule has 0 spiro atoms. The molecule has 0 saturated heterocycles. The third-order valence-electron chi connectivity index (χ3n) is 4.06. The van der Waals surface area contributed by atoms with Gasteiger partial charge in [-0.15, -0.1) is 0 Å². The normalized spacial score (nSPS) is 11.4.